The Morgan fingerprint density at radius 3 is 2.48 bits per heavy atom. The third-order valence-electron chi connectivity index (χ3n) is 5.53. The van der Waals surface area contributed by atoms with Crippen LogP contribution in [0, 0.1) is 5.92 Å². The lowest BCUT2D eigenvalue weighted by Gasteiger charge is -2.36. The third-order valence-corrected chi connectivity index (χ3v) is 5.53. The molecule has 2 aliphatic heterocycles. The molecule has 1 aromatic rings. The highest BCUT2D eigenvalue weighted by molar-refractivity contribution is 5.89. The largest absolute Gasteiger partial charge is 0.342 e. The predicted molar refractivity (Wildman–Crippen MR) is 106 cm³/mol. The Bertz CT molecular complexity index is 626. The number of hydrogen-bond acceptors (Lipinski definition) is 4. The van der Waals surface area contributed by atoms with E-state index in [-0.39, 0.29) is 17.7 Å². The van der Waals surface area contributed by atoms with Gasteiger partial charge in [0.15, 0.2) is 0 Å². The summed E-state index contributed by atoms with van der Waals surface area (Å²) in [6.07, 6.45) is 1.34. The Morgan fingerprint density at radius 2 is 1.81 bits per heavy atom. The van der Waals surface area contributed by atoms with Gasteiger partial charge in [0, 0.05) is 52.2 Å². The molecule has 27 heavy (non-hydrogen) atoms. The molecule has 148 valence electrons. The Kier molecular flexibility index (Phi) is 6.85. The van der Waals surface area contributed by atoms with Gasteiger partial charge >= 0.3 is 0 Å². The summed E-state index contributed by atoms with van der Waals surface area (Å²) in [6.45, 7) is 6.56. The fourth-order valence-corrected chi connectivity index (χ4v) is 3.96. The van der Waals surface area contributed by atoms with E-state index in [1.165, 1.54) is 5.56 Å². The Morgan fingerprint density at radius 1 is 1.11 bits per heavy atom. The molecule has 2 heterocycles. The van der Waals surface area contributed by atoms with Crippen LogP contribution in [0.25, 0.3) is 0 Å². The minimum Gasteiger partial charge on any atom is -0.342 e. The van der Waals surface area contributed by atoms with Crippen molar-refractivity contribution in [1.29, 1.82) is 0 Å². The minimum atomic E-state index is -0.155. The molecule has 2 aliphatic rings. The second kappa shape index (κ2) is 9.33. The molecule has 0 saturated carbocycles. The van der Waals surface area contributed by atoms with Gasteiger partial charge in [0.25, 0.3) is 0 Å². The zero-order valence-corrected chi connectivity index (χ0v) is 16.6. The van der Waals surface area contributed by atoms with Crippen molar-refractivity contribution in [2.45, 2.75) is 19.4 Å². The van der Waals surface area contributed by atoms with E-state index in [1.54, 1.807) is 0 Å². The van der Waals surface area contributed by atoms with Gasteiger partial charge in [0.1, 0.15) is 0 Å². The van der Waals surface area contributed by atoms with E-state index in [4.69, 9.17) is 0 Å². The molecule has 2 saturated heterocycles. The first-order valence-electron chi connectivity index (χ1n) is 10.0. The first-order chi connectivity index (χ1) is 13.0. The summed E-state index contributed by atoms with van der Waals surface area (Å²) in [5, 5.41) is 0. The molecule has 1 unspecified atom stereocenters. The quantitative estimate of drug-likeness (QED) is 0.720. The van der Waals surface area contributed by atoms with Crippen LogP contribution in [0.3, 0.4) is 0 Å². The molecule has 3 rings (SSSR count). The first-order valence-corrected chi connectivity index (χ1v) is 10.0. The number of rotatable bonds is 7. The van der Waals surface area contributed by atoms with Crippen molar-refractivity contribution >= 4 is 11.8 Å². The zero-order chi connectivity index (χ0) is 19.2. The Hall–Kier alpha value is -1.92. The van der Waals surface area contributed by atoms with E-state index in [2.05, 4.69) is 34.1 Å². The second-order valence-electron chi connectivity index (χ2n) is 7.98. The van der Waals surface area contributed by atoms with Crippen LogP contribution < -0.4 is 0 Å². The summed E-state index contributed by atoms with van der Waals surface area (Å²) in [7, 11) is 4.07. The Labute approximate surface area is 162 Å². The molecule has 0 aromatic heterocycles. The molecule has 0 N–H and O–H groups in total. The predicted octanol–water partition coefficient (Wildman–Crippen LogP) is 1.13. The molecule has 0 bridgehead atoms. The SMILES string of the molecule is CN(C)CCCN1CC(C(=O)N2CCN(Cc3ccccc3)CC2)CC1=O. The number of benzene rings is 1. The van der Waals surface area contributed by atoms with E-state index in [9.17, 15) is 9.59 Å². The summed E-state index contributed by atoms with van der Waals surface area (Å²) < 4.78 is 0. The topological polar surface area (TPSA) is 47.1 Å². The summed E-state index contributed by atoms with van der Waals surface area (Å²) in [6, 6.07) is 10.5. The molecule has 6 nitrogen and oxygen atoms in total. The van der Waals surface area contributed by atoms with Crippen LogP contribution in [0.2, 0.25) is 0 Å². The highest BCUT2D eigenvalue weighted by Crippen LogP contribution is 2.21. The van der Waals surface area contributed by atoms with E-state index in [1.807, 2.05) is 30.0 Å². The number of hydrogen-bond donors (Lipinski definition) is 0. The molecular weight excluding hydrogens is 340 g/mol. The molecule has 1 aromatic carbocycles. The number of carbonyl (C=O) groups excluding carboxylic acids is 2. The monoisotopic (exact) mass is 372 g/mol. The van der Waals surface area contributed by atoms with Crippen molar-refractivity contribution in [3.8, 4) is 0 Å². The van der Waals surface area contributed by atoms with Crippen molar-refractivity contribution < 1.29 is 9.59 Å². The minimum absolute atomic E-state index is 0.134. The lowest BCUT2D eigenvalue weighted by molar-refractivity contribution is -0.137. The number of nitrogens with zero attached hydrogens (tertiary/aromatic N) is 4. The van der Waals surface area contributed by atoms with Gasteiger partial charge in [-0.15, -0.1) is 0 Å². The van der Waals surface area contributed by atoms with Crippen molar-refractivity contribution in [1.82, 2.24) is 19.6 Å². The molecular formula is C21H32N4O2. The number of likely N-dealkylation sites (tertiary alicyclic amines) is 1. The van der Waals surface area contributed by atoms with E-state index < -0.39 is 0 Å². The van der Waals surface area contributed by atoms with E-state index in [0.717, 1.165) is 52.2 Å². The number of piperazine rings is 1. The summed E-state index contributed by atoms with van der Waals surface area (Å²) in [5.41, 5.74) is 1.31. The normalized spacial score (nSPS) is 21.3. The highest BCUT2D eigenvalue weighted by atomic mass is 16.2. The summed E-state index contributed by atoms with van der Waals surface area (Å²) in [4.78, 5) is 33.4. The van der Waals surface area contributed by atoms with Crippen LogP contribution in [0.15, 0.2) is 30.3 Å². The Balaban J connectivity index is 1.43. The maximum atomic E-state index is 12.9. The van der Waals surface area contributed by atoms with E-state index >= 15 is 0 Å². The van der Waals surface area contributed by atoms with Gasteiger partial charge < -0.3 is 14.7 Å². The van der Waals surface area contributed by atoms with Gasteiger partial charge in [-0.2, -0.15) is 0 Å². The highest BCUT2D eigenvalue weighted by Gasteiger charge is 2.36. The van der Waals surface area contributed by atoms with Crippen LogP contribution in [0.4, 0.5) is 0 Å². The average molecular weight is 373 g/mol. The molecule has 0 aliphatic carbocycles. The van der Waals surface area contributed by atoms with Crippen LogP contribution in [0.5, 0.6) is 0 Å². The van der Waals surface area contributed by atoms with Crippen molar-refractivity contribution in [3.63, 3.8) is 0 Å². The van der Waals surface area contributed by atoms with Gasteiger partial charge in [0.05, 0.1) is 5.92 Å². The van der Waals surface area contributed by atoms with Crippen LogP contribution in [-0.2, 0) is 16.1 Å². The van der Waals surface area contributed by atoms with Crippen LogP contribution >= 0.6 is 0 Å². The van der Waals surface area contributed by atoms with Gasteiger partial charge in [-0.05, 0) is 32.6 Å². The maximum Gasteiger partial charge on any atom is 0.228 e. The standard InChI is InChI=1S/C21H32N4O2/c1-22(2)9-6-10-25-17-19(15-20(25)26)21(27)24-13-11-23(12-14-24)16-18-7-4-3-5-8-18/h3-5,7-8,19H,6,9-17H2,1-2H3. The lowest BCUT2D eigenvalue weighted by atomic mass is 10.1. The summed E-state index contributed by atoms with van der Waals surface area (Å²) in [5.74, 6) is 0.144. The number of amides is 2. The average Bonchev–Trinajstić information content (AvgIpc) is 3.03. The molecule has 0 spiro atoms. The van der Waals surface area contributed by atoms with Gasteiger partial charge in [-0.1, -0.05) is 30.3 Å². The molecule has 2 amide bonds. The smallest absolute Gasteiger partial charge is 0.228 e. The molecule has 6 heteroatoms. The zero-order valence-electron chi connectivity index (χ0n) is 16.6. The molecule has 2 fully saturated rings. The van der Waals surface area contributed by atoms with Crippen molar-refractivity contribution in [2.24, 2.45) is 5.92 Å². The summed E-state index contributed by atoms with van der Waals surface area (Å²) >= 11 is 0. The third kappa shape index (κ3) is 5.53. The van der Waals surface area contributed by atoms with Crippen molar-refractivity contribution in [3.05, 3.63) is 35.9 Å². The fourth-order valence-electron chi connectivity index (χ4n) is 3.96. The lowest BCUT2D eigenvalue weighted by Crippen LogP contribution is -2.50. The number of carbonyl (C=O) groups is 2. The van der Waals surface area contributed by atoms with Crippen molar-refractivity contribution in [2.75, 3.05) is 59.9 Å². The molecule has 0 radical (unpaired) electrons. The van der Waals surface area contributed by atoms with Gasteiger partial charge in [-0.3, -0.25) is 14.5 Å². The fraction of sp³-hybridized carbons (Fsp3) is 0.619. The first kappa shape index (κ1) is 19.8. The molecule has 1 atom stereocenters. The van der Waals surface area contributed by atoms with Crippen LogP contribution in [0.1, 0.15) is 18.4 Å². The second-order valence-corrected chi connectivity index (χ2v) is 7.98. The van der Waals surface area contributed by atoms with Gasteiger partial charge in [0.2, 0.25) is 11.8 Å². The van der Waals surface area contributed by atoms with Crippen LogP contribution in [-0.4, -0.2) is 91.3 Å². The maximum absolute atomic E-state index is 12.9. The van der Waals surface area contributed by atoms with Gasteiger partial charge in [-0.25, -0.2) is 0 Å². The van der Waals surface area contributed by atoms with E-state index in [0.29, 0.717) is 13.0 Å².